The smallest absolute Gasteiger partial charge is 0.271 e. The highest BCUT2D eigenvalue weighted by Crippen LogP contribution is 2.37. The van der Waals surface area contributed by atoms with E-state index in [9.17, 15) is 18.7 Å². The molecule has 1 aromatic heterocycles. The summed E-state index contributed by atoms with van der Waals surface area (Å²) < 4.78 is 33.5. The SMILES string of the molecule is O=C(C1=NNC2=NC=NC(N[C@@H]3CCOC[C@H]3O)C21)N1C[C@@H](F)C[C@@H]1c1cc(F)cnc1Cl. The quantitative estimate of drug-likeness (QED) is 0.540. The van der Waals surface area contributed by atoms with Crippen LogP contribution in [0.15, 0.2) is 27.3 Å². The van der Waals surface area contributed by atoms with Crippen molar-refractivity contribution >= 4 is 35.4 Å². The number of hydrogen-bond donors (Lipinski definition) is 3. The molecule has 1 amide bonds. The van der Waals surface area contributed by atoms with Crippen molar-refractivity contribution in [2.24, 2.45) is 21.0 Å². The molecule has 13 heteroatoms. The molecule has 3 N–H and O–H groups in total. The summed E-state index contributed by atoms with van der Waals surface area (Å²) in [6.07, 6.45) is 0.222. The number of alkyl halides is 1. The second kappa shape index (κ2) is 9.01. The van der Waals surface area contributed by atoms with Gasteiger partial charge in [-0.25, -0.2) is 18.8 Å². The van der Waals surface area contributed by atoms with Gasteiger partial charge in [0, 0.05) is 24.6 Å². The van der Waals surface area contributed by atoms with Gasteiger partial charge < -0.3 is 14.7 Å². The molecule has 0 aliphatic carbocycles. The predicted octanol–water partition coefficient (Wildman–Crippen LogP) is 0.567. The summed E-state index contributed by atoms with van der Waals surface area (Å²) >= 11 is 6.15. The Morgan fingerprint density at radius 1 is 1.42 bits per heavy atom. The van der Waals surface area contributed by atoms with Crippen LogP contribution in [0.25, 0.3) is 0 Å². The highest BCUT2D eigenvalue weighted by Gasteiger charge is 2.47. The summed E-state index contributed by atoms with van der Waals surface area (Å²) in [7, 11) is 0. The third kappa shape index (κ3) is 4.23. The topological polar surface area (TPSA) is 124 Å². The molecule has 5 rings (SSSR count). The number of likely N-dealkylation sites (tertiary alicyclic amines) is 1. The van der Waals surface area contributed by atoms with E-state index < -0.39 is 42.1 Å². The largest absolute Gasteiger partial charge is 0.389 e. The minimum atomic E-state index is -1.31. The van der Waals surface area contributed by atoms with Crippen molar-refractivity contribution in [3.8, 4) is 0 Å². The van der Waals surface area contributed by atoms with Gasteiger partial charge in [0.25, 0.3) is 5.91 Å². The Hall–Kier alpha value is -2.54. The maximum Gasteiger partial charge on any atom is 0.271 e. The Morgan fingerprint density at radius 2 is 2.27 bits per heavy atom. The zero-order valence-electron chi connectivity index (χ0n) is 17.4. The van der Waals surface area contributed by atoms with Crippen LogP contribution in [-0.2, 0) is 9.53 Å². The molecular formula is C20H22ClF2N7O3. The van der Waals surface area contributed by atoms with Gasteiger partial charge in [0.2, 0.25) is 0 Å². The fourth-order valence-electron chi connectivity index (χ4n) is 4.63. The van der Waals surface area contributed by atoms with Gasteiger partial charge in [-0.2, -0.15) is 5.10 Å². The number of aliphatic hydroxyl groups is 1. The molecule has 33 heavy (non-hydrogen) atoms. The van der Waals surface area contributed by atoms with Crippen molar-refractivity contribution in [2.45, 2.75) is 43.4 Å². The van der Waals surface area contributed by atoms with Crippen LogP contribution in [0.1, 0.15) is 24.4 Å². The van der Waals surface area contributed by atoms with Crippen LogP contribution in [0, 0.1) is 11.7 Å². The number of nitrogens with one attached hydrogen (secondary N) is 2. The van der Waals surface area contributed by atoms with Gasteiger partial charge in [-0.05, 0) is 12.5 Å². The molecule has 5 heterocycles. The molecule has 4 aliphatic rings. The van der Waals surface area contributed by atoms with E-state index in [2.05, 4.69) is 30.8 Å². The third-order valence-electron chi connectivity index (χ3n) is 6.25. The van der Waals surface area contributed by atoms with E-state index in [0.717, 1.165) is 6.20 Å². The van der Waals surface area contributed by atoms with E-state index in [1.165, 1.54) is 17.3 Å². The summed E-state index contributed by atoms with van der Waals surface area (Å²) in [5.41, 5.74) is 3.10. The summed E-state index contributed by atoms with van der Waals surface area (Å²) in [5.74, 6) is -1.39. The first-order valence-electron chi connectivity index (χ1n) is 10.6. The monoisotopic (exact) mass is 481 g/mol. The third-order valence-corrected chi connectivity index (χ3v) is 6.57. The number of carbonyl (C=O) groups is 1. The van der Waals surface area contributed by atoms with E-state index in [0.29, 0.717) is 18.9 Å². The lowest BCUT2D eigenvalue weighted by Crippen LogP contribution is -2.56. The standard InChI is InChI=1S/C20H22ClF2N7O3/c21-17-11(3-9(22)5-24-17)13-4-10(23)6-30(13)20(32)16-15-18(25-8-26-19(15)29-28-16)27-12-1-2-33-7-14(12)31/h3,5,8,10,12-15,18,27,31H,1-2,4,6-7H2,(H,25,26,29)/t10-,12+,13+,14+,15?,18?/m0/s1. The van der Waals surface area contributed by atoms with Gasteiger partial charge in [0.05, 0.1) is 31.5 Å². The van der Waals surface area contributed by atoms with Crippen molar-refractivity contribution in [1.29, 1.82) is 0 Å². The van der Waals surface area contributed by atoms with Crippen LogP contribution in [0.5, 0.6) is 0 Å². The number of nitrogens with zero attached hydrogens (tertiary/aromatic N) is 5. The molecule has 2 fully saturated rings. The van der Waals surface area contributed by atoms with Gasteiger partial charge in [-0.3, -0.25) is 20.5 Å². The summed E-state index contributed by atoms with van der Waals surface area (Å²) in [5, 5.41) is 17.7. The van der Waals surface area contributed by atoms with Crippen LogP contribution < -0.4 is 10.7 Å². The van der Waals surface area contributed by atoms with E-state index in [-0.39, 0.29) is 42.0 Å². The summed E-state index contributed by atoms with van der Waals surface area (Å²) in [6, 6.07) is 0.0914. The Labute approximate surface area is 192 Å². The Balaban J connectivity index is 1.39. The first-order chi connectivity index (χ1) is 15.9. The van der Waals surface area contributed by atoms with E-state index >= 15 is 0 Å². The summed E-state index contributed by atoms with van der Waals surface area (Å²) in [4.78, 5) is 27.2. The summed E-state index contributed by atoms with van der Waals surface area (Å²) in [6.45, 7) is 0.507. The van der Waals surface area contributed by atoms with Crippen molar-refractivity contribution in [2.75, 3.05) is 19.8 Å². The number of aromatic nitrogens is 1. The number of pyridine rings is 1. The maximum absolute atomic E-state index is 14.4. The van der Waals surface area contributed by atoms with Crippen LogP contribution in [-0.4, -0.2) is 83.0 Å². The van der Waals surface area contributed by atoms with Gasteiger partial charge in [0.15, 0.2) is 0 Å². The minimum absolute atomic E-state index is 0.0114. The average Bonchev–Trinajstić information content (AvgIpc) is 3.41. The molecular weight excluding hydrogens is 460 g/mol. The lowest BCUT2D eigenvalue weighted by atomic mass is 9.95. The lowest BCUT2D eigenvalue weighted by molar-refractivity contribution is -0.125. The van der Waals surface area contributed by atoms with Crippen LogP contribution >= 0.6 is 11.6 Å². The van der Waals surface area contributed by atoms with Gasteiger partial charge in [0.1, 0.15) is 47.1 Å². The van der Waals surface area contributed by atoms with E-state index in [1.54, 1.807) is 0 Å². The molecule has 6 atom stereocenters. The highest BCUT2D eigenvalue weighted by molar-refractivity contribution is 6.45. The number of hydrazone groups is 1. The van der Waals surface area contributed by atoms with Crippen molar-refractivity contribution in [3.63, 3.8) is 0 Å². The fourth-order valence-corrected chi connectivity index (χ4v) is 4.86. The van der Waals surface area contributed by atoms with Gasteiger partial charge >= 0.3 is 0 Å². The molecule has 4 aliphatic heterocycles. The van der Waals surface area contributed by atoms with Crippen molar-refractivity contribution in [3.05, 3.63) is 28.8 Å². The molecule has 10 nitrogen and oxygen atoms in total. The fraction of sp³-hybridized carbons (Fsp3) is 0.550. The Kier molecular flexibility index (Phi) is 6.08. The molecule has 0 aromatic carbocycles. The van der Waals surface area contributed by atoms with Crippen LogP contribution in [0.4, 0.5) is 8.78 Å². The van der Waals surface area contributed by atoms with E-state index in [1.807, 2.05) is 0 Å². The Bertz CT molecular complexity index is 1040. The van der Waals surface area contributed by atoms with Crippen molar-refractivity contribution in [1.82, 2.24) is 20.6 Å². The number of hydrogen-bond acceptors (Lipinski definition) is 9. The Morgan fingerprint density at radius 3 is 3.09 bits per heavy atom. The zero-order chi connectivity index (χ0) is 23.1. The number of carbonyl (C=O) groups excluding carboxylic acids is 1. The second-order valence-electron chi connectivity index (χ2n) is 8.35. The normalized spacial score (nSPS) is 33.4. The molecule has 0 bridgehead atoms. The number of aliphatic hydroxyl groups excluding tert-OH is 1. The highest BCUT2D eigenvalue weighted by atomic mass is 35.5. The average molecular weight is 482 g/mol. The molecule has 2 saturated heterocycles. The van der Waals surface area contributed by atoms with Gasteiger partial charge in [-0.15, -0.1) is 0 Å². The first kappa shape index (κ1) is 22.3. The van der Waals surface area contributed by atoms with E-state index in [4.69, 9.17) is 16.3 Å². The predicted molar refractivity (Wildman–Crippen MR) is 115 cm³/mol. The number of ether oxygens (including phenoxy) is 1. The van der Waals surface area contributed by atoms with Crippen LogP contribution in [0.2, 0.25) is 5.15 Å². The number of halogens is 3. The second-order valence-corrected chi connectivity index (χ2v) is 8.71. The van der Waals surface area contributed by atoms with Gasteiger partial charge in [-0.1, -0.05) is 11.6 Å². The first-order valence-corrected chi connectivity index (χ1v) is 11.0. The number of aliphatic imine (C=N–C) groups is 2. The molecule has 0 spiro atoms. The lowest BCUT2D eigenvalue weighted by Gasteiger charge is -2.34. The molecule has 2 unspecified atom stereocenters. The van der Waals surface area contributed by atoms with Crippen molar-refractivity contribution < 1.29 is 23.4 Å². The van der Waals surface area contributed by atoms with Crippen LogP contribution in [0.3, 0.4) is 0 Å². The number of amides is 1. The number of amidine groups is 1. The number of fused-ring (bicyclic) bond motifs is 1. The number of rotatable bonds is 4. The maximum atomic E-state index is 14.4. The zero-order valence-corrected chi connectivity index (χ0v) is 18.1. The molecule has 0 saturated carbocycles. The minimum Gasteiger partial charge on any atom is -0.389 e. The molecule has 1 aromatic rings. The molecule has 0 radical (unpaired) electrons. The molecule has 176 valence electrons.